The topological polar surface area (TPSA) is 63.9 Å². The molecule has 0 fully saturated rings. The van der Waals surface area contributed by atoms with Gasteiger partial charge in [0.25, 0.3) is 0 Å². The Morgan fingerprint density at radius 2 is 1.87 bits per heavy atom. The Morgan fingerprint density at radius 1 is 0.968 bits per heavy atom. The van der Waals surface area contributed by atoms with Gasteiger partial charge in [-0.2, -0.15) is 0 Å². The van der Waals surface area contributed by atoms with Crippen molar-refractivity contribution in [2.24, 2.45) is 5.73 Å². The number of ether oxygens (including phenoxy) is 1. The molecular formula is C27H33N3O. The molecule has 0 aliphatic heterocycles. The highest BCUT2D eigenvalue weighted by Gasteiger charge is 2.17. The molecule has 2 aromatic heterocycles. The molecule has 0 amide bonds. The third kappa shape index (κ3) is 4.45. The highest BCUT2D eigenvalue weighted by Crippen LogP contribution is 2.38. The van der Waals surface area contributed by atoms with Crippen molar-refractivity contribution in [3.63, 3.8) is 0 Å². The van der Waals surface area contributed by atoms with Crippen LogP contribution < -0.4 is 10.5 Å². The van der Waals surface area contributed by atoms with E-state index in [1.807, 2.05) is 19.2 Å². The van der Waals surface area contributed by atoms with E-state index in [-0.39, 0.29) is 0 Å². The van der Waals surface area contributed by atoms with Crippen LogP contribution in [0.1, 0.15) is 50.7 Å². The first-order chi connectivity index (χ1) is 15.3. The van der Waals surface area contributed by atoms with Crippen LogP contribution in [-0.2, 0) is 12.8 Å². The van der Waals surface area contributed by atoms with Crippen LogP contribution in [0.5, 0.6) is 5.75 Å². The molecule has 31 heavy (non-hydrogen) atoms. The van der Waals surface area contributed by atoms with Crippen LogP contribution in [0.4, 0.5) is 0 Å². The number of pyridine rings is 1. The normalized spacial score (nSPS) is 11.5. The summed E-state index contributed by atoms with van der Waals surface area (Å²) < 4.78 is 5.85. The predicted octanol–water partition coefficient (Wildman–Crippen LogP) is 6.41. The average Bonchev–Trinajstić information content (AvgIpc) is 3.16. The van der Waals surface area contributed by atoms with E-state index in [0.717, 1.165) is 48.9 Å². The first-order valence-corrected chi connectivity index (χ1v) is 11.6. The number of unbranched alkanes of at least 4 members (excludes halogenated alkanes) is 2. The Bertz CT molecular complexity index is 1160. The number of nitrogens with zero attached hydrogens (tertiary/aromatic N) is 1. The van der Waals surface area contributed by atoms with E-state index >= 15 is 0 Å². The summed E-state index contributed by atoms with van der Waals surface area (Å²) in [7, 11) is 0. The van der Waals surface area contributed by atoms with E-state index in [1.165, 1.54) is 46.1 Å². The van der Waals surface area contributed by atoms with Crippen LogP contribution in [0.2, 0.25) is 0 Å². The van der Waals surface area contributed by atoms with E-state index in [2.05, 4.69) is 53.3 Å². The Morgan fingerprint density at radius 3 is 2.68 bits per heavy atom. The number of hydrogen-bond donors (Lipinski definition) is 2. The van der Waals surface area contributed by atoms with Gasteiger partial charge in [0.15, 0.2) is 0 Å². The van der Waals surface area contributed by atoms with Gasteiger partial charge in [0, 0.05) is 28.0 Å². The van der Waals surface area contributed by atoms with Crippen molar-refractivity contribution in [3.8, 4) is 17.0 Å². The summed E-state index contributed by atoms with van der Waals surface area (Å²) >= 11 is 0. The Hall–Kier alpha value is -2.85. The molecule has 4 heteroatoms. The molecule has 0 aliphatic carbocycles. The van der Waals surface area contributed by atoms with Gasteiger partial charge in [-0.05, 0) is 87.0 Å². The Balaban J connectivity index is 1.88. The maximum Gasteiger partial charge on any atom is 0.145 e. The summed E-state index contributed by atoms with van der Waals surface area (Å²) in [5.74, 6) is 0.837. The number of rotatable bonds is 10. The van der Waals surface area contributed by atoms with Crippen LogP contribution in [-0.4, -0.2) is 23.1 Å². The first-order valence-electron chi connectivity index (χ1n) is 11.6. The number of nitrogens with one attached hydrogen (secondary N) is 1. The van der Waals surface area contributed by atoms with Crippen LogP contribution >= 0.6 is 0 Å². The number of aromatic amines is 1. The Kier molecular flexibility index (Phi) is 6.88. The summed E-state index contributed by atoms with van der Waals surface area (Å²) in [4.78, 5) is 8.37. The van der Waals surface area contributed by atoms with Crippen LogP contribution in [0.3, 0.4) is 0 Å². The molecular weight excluding hydrogens is 382 g/mol. The zero-order valence-corrected chi connectivity index (χ0v) is 18.7. The van der Waals surface area contributed by atoms with Crippen molar-refractivity contribution >= 4 is 21.8 Å². The number of aromatic nitrogens is 2. The highest BCUT2D eigenvalue weighted by molar-refractivity contribution is 6.01. The standard InChI is InChI=1S/C27H33N3O/c1-3-5-9-19-12-14-24-23(18-19)21(10-6-7-16-28)26(30-24)22-13-15-25(31-4-2)27-20(22)11-8-17-29-27/h8,11-15,17-18,30H,3-7,9-10,16,28H2,1-2H3. The lowest BCUT2D eigenvalue weighted by molar-refractivity contribution is 0.343. The van der Waals surface area contributed by atoms with E-state index in [4.69, 9.17) is 10.5 Å². The smallest absolute Gasteiger partial charge is 0.145 e. The first kappa shape index (κ1) is 21.4. The molecule has 0 spiro atoms. The summed E-state index contributed by atoms with van der Waals surface area (Å²) in [6.07, 6.45) is 8.54. The molecule has 0 unspecified atom stereocenters. The average molecular weight is 416 g/mol. The lowest BCUT2D eigenvalue weighted by Gasteiger charge is -2.12. The molecule has 0 saturated heterocycles. The van der Waals surface area contributed by atoms with Gasteiger partial charge in [0.1, 0.15) is 11.3 Å². The van der Waals surface area contributed by atoms with Gasteiger partial charge in [0.2, 0.25) is 0 Å². The molecule has 0 aliphatic rings. The molecule has 3 N–H and O–H groups in total. The SMILES string of the molecule is CCCCc1ccc2[nH]c(-c3ccc(OCC)c4ncccc34)c(CCCCN)c2c1. The number of benzene rings is 2. The number of fused-ring (bicyclic) bond motifs is 2. The van der Waals surface area contributed by atoms with E-state index < -0.39 is 0 Å². The number of aryl methyl sites for hydroxylation is 2. The fourth-order valence-electron chi connectivity index (χ4n) is 4.40. The zero-order valence-electron chi connectivity index (χ0n) is 18.7. The predicted molar refractivity (Wildman–Crippen MR) is 131 cm³/mol. The maximum atomic E-state index is 5.85. The van der Waals surface area contributed by atoms with Gasteiger partial charge >= 0.3 is 0 Å². The second-order valence-corrected chi connectivity index (χ2v) is 8.15. The van der Waals surface area contributed by atoms with Crippen LogP contribution in [0, 0.1) is 0 Å². The highest BCUT2D eigenvalue weighted by atomic mass is 16.5. The molecule has 4 rings (SSSR count). The van der Waals surface area contributed by atoms with Crippen molar-refractivity contribution in [1.29, 1.82) is 0 Å². The van der Waals surface area contributed by atoms with Crippen LogP contribution in [0.25, 0.3) is 33.1 Å². The molecule has 2 heterocycles. The van der Waals surface area contributed by atoms with Crippen molar-refractivity contribution in [1.82, 2.24) is 9.97 Å². The van der Waals surface area contributed by atoms with Gasteiger partial charge in [-0.1, -0.05) is 25.5 Å². The fourth-order valence-corrected chi connectivity index (χ4v) is 4.40. The van der Waals surface area contributed by atoms with Gasteiger partial charge < -0.3 is 15.5 Å². The second-order valence-electron chi connectivity index (χ2n) is 8.15. The summed E-state index contributed by atoms with van der Waals surface area (Å²) in [5, 5.41) is 2.46. The number of nitrogens with two attached hydrogens (primary N) is 1. The molecule has 0 saturated carbocycles. The third-order valence-electron chi connectivity index (χ3n) is 5.97. The van der Waals surface area contributed by atoms with Gasteiger partial charge in [0.05, 0.1) is 12.3 Å². The number of H-pyrrole nitrogens is 1. The number of hydrogen-bond acceptors (Lipinski definition) is 3. The van der Waals surface area contributed by atoms with Crippen molar-refractivity contribution in [2.75, 3.05) is 13.2 Å². The van der Waals surface area contributed by atoms with Crippen molar-refractivity contribution < 1.29 is 4.74 Å². The summed E-state index contributed by atoms with van der Waals surface area (Å²) in [5.41, 5.74) is 13.1. The van der Waals surface area contributed by atoms with E-state index in [9.17, 15) is 0 Å². The largest absolute Gasteiger partial charge is 0.492 e. The summed E-state index contributed by atoms with van der Waals surface area (Å²) in [6.45, 7) is 5.61. The van der Waals surface area contributed by atoms with Crippen molar-refractivity contribution in [2.45, 2.75) is 52.4 Å². The molecule has 0 radical (unpaired) electrons. The van der Waals surface area contributed by atoms with E-state index in [0.29, 0.717) is 6.61 Å². The zero-order chi connectivity index (χ0) is 21.6. The fraction of sp³-hybridized carbons (Fsp3) is 0.370. The molecule has 0 atom stereocenters. The molecule has 2 aromatic carbocycles. The molecule has 162 valence electrons. The van der Waals surface area contributed by atoms with Gasteiger partial charge in [-0.25, -0.2) is 0 Å². The second kappa shape index (κ2) is 9.97. The van der Waals surface area contributed by atoms with E-state index in [1.54, 1.807) is 0 Å². The minimum atomic E-state index is 0.627. The van der Waals surface area contributed by atoms with Gasteiger partial charge in [-0.15, -0.1) is 0 Å². The molecule has 4 aromatic rings. The Labute approximate surface area is 184 Å². The van der Waals surface area contributed by atoms with Crippen LogP contribution in [0.15, 0.2) is 48.7 Å². The lowest BCUT2D eigenvalue weighted by Crippen LogP contribution is -2.00. The minimum absolute atomic E-state index is 0.627. The van der Waals surface area contributed by atoms with Gasteiger partial charge in [-0.3, -0.25) is 4.98 Å². The third-order valence-corrected chi connectivity index (χ3v) is 5.97. The van der Waals surface area contributed by atoms with Crippen molar-refractivity contribution in [3.05, 3.63) is 59.8 Å². The molecule has 0 bridgehead atoms. The molecule has 4 nitrogen and oxygen atoms in total. The lowest BCUT2D eigenvalue weighted by atomic mass is 9.96. The minimum Gasteiger partial charge on any atom is -0.492 e. The maximum absolute atomic E-state index is 5.85. The monoisotopic (exact) mass is 415 g/mol. The summed E-state index contributed by atoms with van der Waals surface area (Å²) in [6, 6.07) is 15.3. The quantitative estimate of drug-likeness (QED) is 0.294.